The van der Waals surface area contributed by atoms with Gasteiger partial charge in [-0.25, -0.2) is 9.69 Å². The van der Waals surface area contributed by atoms with Crippen LogP contribution < -0.4 is 15.0 Å². The second-order valence-electron chi connectivity index (χ2n) is 7.80. The molecule has 36 heavy (non-hydrogen) atoms. The summed E-state index contributed by atoms with van der Waals surface area (Å²) >= 11 is 1.19. The number of para-hydroxylation sites is 1. The minimum absolute atomic E-state index is 0.134. The number of carbonyl (C=O) groups excluding carboxylic acids is 3. The van der Waals surface area contributed by atoms with Crippen LogP contribution in [-0.2, 0) is 14.3 Å². The lowest BCUT2D eigenvalue weighted by Crippen LogP contribution is -2.33. The van der Waals surface area contributed by atoms with Crippen molar-refractivity contribution >= 4 is 40.9 Å². The number of nitrogens with one attached hydrogen (secondary N) is 1. The molecular weight excluding hydrogens is 476 g/mol. The molecule has 0 aromatic heterocycles. The summed E-state index contributed by atoms with van der Waals surface area (Å²) < 4.78 is 10.8. The molecule has 0 bridgehead atoms. The van der Waals surface area contributed by atoms with Gasteiger partial charge in [0.25, 0.3) is 11.8 Å². The molecule has 0 fully saturated rings. The lowest BCUT2D eigenvalue weighted by atomic mass is 10.1. The first kappa shape index (κ1) is 25.1. The molecule has 1 heterocycles. The number of benzene rings is 3. The standard InChI is InChI=1S/C28H26N2O5S/c1-3-18-35-28(33)22-12-8-9-13-23(22)30-26(31)24(29-19-14-16-20(17-15-19)34-4-2)25(27(30)32)36-21-10-6-5-7-11-21/h5-17,29H,3-4,18H2,1-2H3. The molecule has 3 aromatic rings. The van der Waals surface area contributed by atoms with Gasteiger partial charge in [-0.05, 0) is 61.9 Å². The maximum absolute atomic E-state index is 13.7. The predicted octanol–water partition coefficient (Wildman–Crippen LogP) is 5.64. The summed E-state index contributed by atoms with van der Waals surface area (Å²) in [5, 5.41) is 3.12. The van der Waals surface area contributed by atoms with Crippen LogP contribution >= 0.6 is 11.8 Å². The average Bonchev–Trinajstić information content (AvgIpc) is 3.13. The summed E-state index contributed by atoms with van der Waals surface area (Å²) in [7, 11) is 0. The SMILES string of the molecule is CCCOC(=O)c1ccccc1N1C(=O)C(Nc2ccc(OCC)cc2)=C(Sc2ccccc2)C1=O. The fraction of sp³-hybridized carbons (Fsp3) is 0.179. The van der Waals surface area contributed by atoms with Crippen molar-refractivity contribution in [2.75, 3.05) is 23.4 Å². The molecule has 3 aromatic carbocycles. The Morgan fingerprint density at radius 3 is 2.28 bits per heavy atom. The fourth-order valence-electron chi connectivity index (χ4n) is 3.60. The Labute approximate surface area is 214 Å². The van der Waals surface area contributed by atoms with Crippen LogP contribution in [-0.4, -0.2) is 31.0 Å². The lowest BCUT2D eigenvalue weighted by molar-refractivity contribution is -0.120. The average molecular weight is 503 g/mol. The van der Waals surface area contributed by atoms with Gasteiger partial charge in [0.05, 0.1) is 24.5 Å². The van der Waals surface area contributed by atoms with E-state index >= 15 is 0 Å². The third-order valence-electron chi connectivity index (χ3n) is 5.24. The molecule has 0 unspecified atom stereocenters. The Balaban J connectivity index is 1.71. The number of amides is 2. The Morgan fingerprint density at radius 2 is 1.58 bits per heavy atom. The molecule has 0 spiro atoms. The van der Waals surface area contributed by atoms with E-state index in [-0.39, 0.29) is 28.5 Å². The summed E-state index contributed by atoms with van der Waals surface area (Å²) in [6, 6.07) is 22.9. The van der Waals surface area contributed by atoms with E-state index in [0.717, 1.165) is 9.80 Å². The van der Waals surface area contributed by atoms with E-state index < -0.39 is 17.8 Å². The van der Waals surface area contributed by atoms with Crippen LogP contribution in [0.3, 0.4) is 0 Å². The van der Waals surface area contributed by atoms with Crippen molar-refractivity contribution in [2.24, 2.45) is 0 Å². The Morgan fingerprint density at radius 1 is 0.889 bits per heavy atom. The van der Waals surface area contributed by atoms with E-state index in [1.54, 1.807) is 48.5 Å². The zero-order valence-electron chi connectivity index (χ0n) is 20.0. The number of hydrogen-bond acceptors (Lipinski definition) is 7. The van der Waals surface area contributed by atoms with Crippen molar-refractivity contribution in [1.29, 1.82) is 0 Å². The van der Waals surface area contributed by atoms with Crippen LogP contribution in [0.25, 0.3) is 0 Å². The molecule has 0 radical (unpaired) electrons. The molecule has 1 aliphatic rings. The van der Waals surface area contributed by atoms with Crippen molar-refractivity contribution in [1.82, 2.24) is 0 Å². The highest BCUT2D eigenvalue weighted by Gasteiger charge is 2.41. The molecule has 8 heteroatoms. The lowest BCUT2D eigenvalue weighted by Gasteiger charge is -2.18. The van der Waals surface area contributed by atoms with Crippen LogP contribution in [0.2, 0.25) is 0 Å². The van der Waals surface area contributed by atoms with Crippen LogP contribution in [0.5, 0.6) is 5.75 Å². The van der Waals surface area contributed by atoms with Crippen molar-refractivity contribution in [3.8, 4) is 5.75 Å². The summed E-state index contributed by atoms with van der Waals surface area (Å²) in [5.74, 6) is -0.954. The highest BCUT2D eigenvalue weighted by molar-refractivity contribution is 8.04. The van der Waals surface area contributed by atoms with E-state index in [9.17, 15) is 14.4 Å². The first-order valence-electron chi connectivity index (χ1n) is 11.7. The maximum atomic E-state index is 13.7. The van der Waals surface area contributed by atoms with E-state index in [4.69, 9.17) is 9.47 Å². The number of rotatable bonds is 10. The summed E-state index contributed by atoms with van der Waals surface area (Å²) in [6.07, 6.45) is 0.658. The second-order valence-corrected chi connectivity index (χ2v) is 8.88. The Bertz CT molecular complexity index is 1290. The molecule has 0 atom stereocenters. The summed E-state index contributed by atoms with van der Waals surface area (Å²) in [4.78, 5) is 42.1. The first-order chi connectivity index (χ1) is 17.5. The molecule has 0 saturated carbocycles. The maximum Gasteiger partial charge on any atom is 0.340 e. The number of ether oxygens (including phenoxy) is 2. The fourth-order valence-corrected chi connectivity index (χ4v) is 4.55. The van der Waals surface area contributed by atoms with Gasteiger partial charge in [-0.1, -0.05) is 49.0 Å². The van der Waals surface area contributed by atoms with Gasteiger partial charge in [0.15, 0.2) is 0 Å². The quantitative estimate of drug-likeness (QED) is 0.284. The molecule has 1 N–H and O–H groups in total. The van der Waals surface area contributed by atoms with Crippen molar-refractivity contribution < 1.29 is 23.9 Å². The number of nitrogens with zero attached hydrogens (tertiary/aromatic N) is 1. The number of hydrogen-bond donors (Lipinski definition) is 1. The van der Waals surface area contributed by atoms with Crippen molar-refractivity contribution in [2.45, 2.75) is 25.2 Å². The second kappa shape index (κ2) is 11.6. The zero-order chi connectivity index (χ0) is 25.5. The van der Waals surface area contributed by atoms with Crippen LogP contribution in [0.15, 0.2) is 94.4 Å². The number of esters is 1. The first-order valence-corrected chi connectivity index (χ1v) is 12.5. The van der Waals surface area contributed by atoms with Gasteiger partial charge in [0.1, 0.15) is 16.4 Å². The summed E-state index contributed by atoms with van der Waals surface area (Å²) in [5.41, 5.74) is 1.09. The number of imide groups is 1. The van der Waals surface area contributed by atoms with Crippen LogP contribution in [0.1, 0.15) is 30.6 Å². The Hall–Kier alpha value is -4.04. The van der Waals surface area contributed by atoms with Gasteiger partial charge in [0.2, 0.25) is 0 Å². The van der Waals surface area contributed by atoms with Gasteiger partial charge in [-0.3, -0.25) is 9.59 Å². The van der Waals surface area contributed by atoms with E-state index in [0.29, 0.717) is 24.5 Å². The van der Waals surface area contributed by atoms with Gasteiger partial charge in [0, 0.05) is 10.6 Å². The minimum Gasteiger partial charge on any atom is -0.494 e. The van der Waals surface area contributed by atoms with Crippen molar-refractivity contribution in [3.05, 3.63) is 95.0 Å². The molecular formula is C28H26N2O5S. The van der Waals surface area contributed by atoms with Crippen LogP contribution in [0.4, 0.5) is 11.4 Å². The minimum atomic E-state index is -0.585. The Kier molecular flexibility index (Phi) is 8.07. The molecule has 0 saturated heterocycles. The van der Waals surface area contributed by atoms with Gasteiger partial charge >= 0.3 is 5.97 Å². The number of thioether (sulfide) groups is 1. The smallest absolute Gasteiger partial charge is 0.340 e. The van der Waals surface area contributed by atoms with Crippen molar-refractivity contribution in [3.63, 3.8) is 0 Å². The molecule has 2 amide bonds. The monoisotopic (exact) mass is 502 g/mol. The van der Waals surface area contributed by atoms with E-state index in [1.165, 1.54) is 11.8 Å². The molecule has 4 rings (SSSR count). The van der Waals surface area contributed by atoms with E-state index in [2.05, 4.69) is 5.32 Å². The predicted molar refractivity (Wildman–Crippen MR) is 140 cm³/mol. The highest BCUT2D eigenvalue weighted by Crippen LogP contribution is 2.39. The third-order valence-corrected chi connectivity index (χ3v) is 6.33. The topological polar surface area (TPSA) is 84.9 Å². The highest BCUT2D eigenvalue weighted by atomic mass is 32.2. The molecule has 7 nitrogen and oxygen atoms in total. The molecule has 184 valence electrons. The van der Waals surface area contributed by atoms with E-state index in [1.807, 2.05) is 44.2 Å². The number of carbonyl (C=O) groups is 3. The van der Waals surface area contributed by atoms with Crippen LogP contribution in [0, 0.1) is 0 Å². The molecule has 0 aliphatic carbocycles. The molecule has 1 aliphatic heterocycles. The van der Waals surface area contributed by atoms with Gasteiger partial charge < -0.3 is 14.8 Å². The largest absolute Gasteiger partial charge is 0.494 e. The summed E-state index contributed by atoms with van der Waals surface area (Å²) in [6.45, 7) is 4.57. The normalized spacial score (nSPS) is 13.2. The third kappa shape index (κ3) is 5.44. The zero-order valence-corrected chi connectivity index (χ0v) is 20.8. The van der Waals surface area contributed by atoms with Gasteiger partial charge in [-0.15, -0.1) is 0 Å². The van der Waals surface area contributed by atoms with Gasteiger partial charge in [-0.2, -0.15) is 0 Å². The number of anilines is 2.